The minimum atomic E-state index is -3.80. The molecule has 2 aromatic rings. The van der Waals surface area contributed by atoms with Crippen LogP contribution in [0.25, 0.3) is 11.0 Å². The molecule has 1 aromatic heterocycles. The monoisotopic (exact) mass is 354 g/mol. The van der Waals surface area contributed by atoms with Crippen LogP contribution in [0, 0.1) is 5.92 Å². The molecule has 1 fully saturated rings. The molecule has 0 amide bonds. The highest BCUT2D eigenvalue weighted by molar-refractivity contribution is 7.89. The van der Waals surface area contributed by atoms with E-state index in [0.29, 0.717) is 24.0 Å². The Kier molecular flexibility index (Phi) is 4.86. The first-order chi connectivity index (χ1) is 11.4. The Morgan fingerprint density at radius 3 is 2.92 bits per heavy atom. The summed E-state index contributed by atoms with van der Waals surface area (Å²) in [6, 6.07) is 5.03. The number of aliphatic hydroxyl groups is 1. The van der Waals surface area contributed by atoms with Gasteiger partial charge in [-0.05, 0) is 41.7 Å². The Labute approximate surface area is 140 Å². The molecule has 1 aliphatic heterocycles. The van der Waals surface area contributed by atoms with Gasteiger partial charge in [0.15, 0.2) is 5.52 Å². The summed E-state index contributed by atoms with van der Waals surface area (Å²) in [6.45, 7) is 5.62. The first-order valence-corrected chi connectivity index (χ1v) is 9.48. The van der Waals surface area contributed by atoms with Gasteiger partial charge in [0.05, 0.1) is 6.10 Å². The van der Waals surface area contributed by atoms with Crippen LogP contribution in [0.1, 0.15) is 20.3 Å². The van der Waals surface area contributed by atoms with Crippen molar-refractivity contribution in [2.75, 3.05) is 19.6 Å². The van der Waals surface area contributed by atoms with Gasteiger partial charge in [0.2, 0.25) is 10.0 Å². The van der Waals surface area contributed by atoms with Crippen molar-refractivity contribution < 1.29 is 18.2 Å². The second kappa shape index (κ2) is 6.75. The van der Waals surface area contributed by atoms with Gasteiger partial charge >= 0.3 is 0 Å². The highest BCUT2D eigenvalue weighted by Gasteiger charge is 2.28. The number of β-amino-alcohol motifs (C(OH)–C–C–N with tert-alkyl or cyclic N) is 1. The summed E-state index contributed by atoms with van der Waals surface area (Å²) >= 11 is 0. The van der Waals surface area contributed by atoms with E-state index in [0.717, 1.165) is 13.0 Å². The number of aliphatic hydroxyl groups excluding tert-OH is 1. The minimum absolute atomic E-state index is 0.00314. The molecule has 9 heteroatoms. The maximum Gasteiger partial charge on any atom is 0.243 e. The Bertz CT molecular complexity index is 807. The first kappa shape index (κ1) is 17.3. The number of nitrogens with one attached hydrogen (secondary N) is 1. The Morgan fingerprint density at radius 2 is 2.21 bits per heavy atom. The maximum absolute atomic E-state index is 12.5. The Morgan fingerprint density at radius 1 is 1.42 bits per heavy atom. The number of nitrogens with zero attached hydrogens (tertiary/aromatic N) is 3. The molecule has 24 heavy (non-hydrogen) atoms. The molecule has 0 aliphatic carbocycles. The molecule has 0 saturated carbocycles. The van der Waals surface area contributed by atoms with E-state index < -0.39 is 16.1 Å². The topological polar surface area (TPSA) is 109 Å². The van der Waals surface area contributed by atoms with Gasteiger partial charge in [0, 0.05) is 25.7 Å². The van der Waals surface area contributed by atoms with Crippen LogP contribution in [-0.4, -0.2) is 60.5 Å². The summed E-state index contributed by atoms with van der Waals surface area (Å²) in [7, 11) is -3.80. The average molecular weight is 354 g/mol. The van der Waals surface area contributed by atoms with Crippen molar-refractivity contribution in [1.82, 2.24) is 19.9 Å². The van der Waals surface area contributed by atoms with Crippen molar-refractivity contribution in [1.29, 1.82) is 0 Å². The molecule has 0 bridgehead atoms. The fourth-order valence-electron chi connectivity index (χ4n) is 3.26. The number of benzene rings is 1. The molecule has 132 valence electrons. The quantitative estimate of drug-likeness (QED) is 0.781. The molecule has 2 heterocycles. The fourth-order valence-corrected chi connectivity index (χ4v) is 4.48. The van der Waals surface area contributed by atoms with E-state index in [1.165, 1.54) is 6.07 Å². The molecule has 1 saturated heterocycles. The SMILES string of the molecule is CC1CC(C)N(C[C@@H](O)CNS(=O)(=O)c2cccc3nonc23)C1. The normalized spacial score (nSPS) is 23.8. The van der Waals surface area contributed by atoms with Gasteiger partial charge in [-0.1, -0.05) is 13.0 Å². The second-order valence-electron chi connectivity index (χ2n) is 6.54. The number of hydrogen-bond acceptors (Lipinski definition) is 7. The Hall–Kier alpha value is -1.55. The van der Waals surface area contributed by atoms with Crippen LogP contribution in [-0.2, 0) is 10.0 Å². The number of aromatic nitrogens is 2. The van der Waals surface area contributed by atoms with Crippen molar-refractivity contribution in [3.63, 3.8) is 0 Å². The average Bonchev–Trinajstić information content (AvgIpc) is 3.11. The zero-order valence-electron chi connectivity index (χ0n) is 13.7. The predicted octanol–water partition coefficient (Wildman–Crippen LogP) is 0.592. The van der Waals surface area contributed by atoms with Gasteiger partial charge in [-0.3, -0.25) is 4.90 Å². The standard InChI is InChI=1S/C15H22N4O4S/c1-10-6-11(2)19(8-10)9-12(20)7-16-24(21,22)14-5-3-4-13-15(14)18-23-17-13/h3-5,10-12,16,20H,6-9H2,1-2H3/t10?,11?,12-/m0/s1. The molecule has 3 rings (SSSR count). The fraction of sp³-hybridized carbons (Fsp3) is 0.600. The first-order valence-electron chi connectivity index (χ1n) is 8.00. The zero-order valence-corrected chi connectivity index (χ0v) is 14.5. The smallest absolute Gasteiger partial charge is 0.243 e. The van der Waals surface area contributed by atoms with Crippen molar-refractivity contribution in [3.8, 4) is 0 Å². The molecule has 1 aromatic carbocycles. The van der Waals surface area contributed by atoms with Crippen LogP contribution in [0.4, 0.5) is 0 Å². The molecule has 0 radical (unpaired) electrons. The molecular formula is C15H22N4O4S. The molecule has 1 aliphatic rings. The summed E-state index contributed by atoms with van der Waals surface area (Å²) in [5, 5.41) is 17.5. The van der Waals surface area contributed by atoms with E-state index in [-0.39, 0.29) is 17.0 Å². The Balaban J connectivity index is 1.64. The minimum Gasteiger partial charge on any atom is -0.390 e. The van der Waals surface area contributed by atoms with E-state index in [1.54, 1.807) is 12.1 Å². The summed E-state index contributed by atoms with van der Waals surface area (Å²) in [4.78, 5) is 2.18. The van der Waals surface area contributed by atoms with Crippen LogP contribution in [0.2, 0.25) is 0 Å². The summed E-state index contributed by atoms with van der Waals surface area (Å²) in [5.74, 6) is 0.598. The predicted molar refractivity (Wildman–Crippen MR) is 87.8 cm³/mol. The molecule has 3 atom stereocenters. The highest BCUT2D eigenvalue weighted by atomic mass is 32.2. The van der Waals surface area contributed by atoms with Gasteiger partial charge in [-0.2, -0.15) is 0 Å². The third kappa shape index (κ3) is 3.59. The van der Waals surface area contributed by atoms with E-state index in [9.17, 15) is 13.5 Å². The molecule has 2 unspecified atom stereocenters. The zero-order chi connectivity index (χ0) is 17.3. The van der Waals surface area contributed by atoms with E-state index >= 15 is 0 Å². The van der Waals surface area contributed by atoms with E-state index in [4.69, 9.17) is 0 Å². The molecule has 2 N–H and O–H groups in total. The van der Waals surface area contributed by atoms with Crippen LogP contribution in [0.15, 0.2) is 27.7 Å². The van der Waals surface area contributed by atoms with Gasteiger partial charge in [0.1, 0.15) is 10.4 Å². The number of hydrogen-bond donors (Lipinski definition) is 2. The summed E-state index contributed by atoms with van der Waals surface area (Å²) in [6.07, 6.45) is 0.321. The number of rotatable bonds is 6. The van der Waals surface area contributed by atoms with Crippen LogP contribution >= 0.6 is 0 Å². The summed E-state index contributed by atoms with van der Waals surface area (Å²) < 4.78 is 31.9. The lowest BCUT2D eigenvalue weighted by atomic mass is 10.1. The molecule has 0 spiro atoms. The summed E-state index contributed by atoms with van der Waals surface area (Å²) in [5.41, 5.74) is 0.555. The van der Waals surface area contributed by atoms with E-state index in [1.807, 2.05) is 0 Å². The van der Waals surface area contributed by atoms with Crippen LogP contribution < -0.4 is 4.72 Å². The third-order valence-electron chi connectivity index (χ3n) is 4.41. The van der Waals surface area contributed by atoms with Crippen molar-refractivity contribution in [3.05, 3.63) is 18.2 Å². The number of sulfonamides is 1. The maximum atomic E-state index is 12.5. The van der Waals surface area contributed by atoms with Crippen molar-refractivity contribution >= 4 is 21.1 Å². The van der Waals surface area contributed by atoms with Gasteiger partial charge in [0.25, 0.3) is 0 Å². The molecular weight excluding hydrogens is 332 g/mol. The van der Waals surface area contributed by atoms with Crippen LogP contribution in [0.3, 0.4) is 0 Å². The molecule has 8 nitrogen and oxygen atoms in total. The largest absolute Gasteiger partial charge is 0.390 e. The van der Waals surface area contributed by atoms with Crippen molar-refractivity contribution in [2.24, 2.45) is 5.92 Å². The lowest BCUT2D eigenvalue weighted by molar-refractivity contribution is 0.111. The van der Waals surface area contributed by atoms with Gasteiger partial charge in [-0.25, -0.2) is 17.8 Å². The van der Waals surface area contributed by atoms with E-state index in [2.05, 4.69) is 38.4 Å². The van der Waals surface area contributed by atoms with Crippen LogP contribution in [0.5, 0.6) is 0 Å². The van der Waals surface area contributed by atoms with Gasteiger partial charge in [-0.15, -0.1) is 0 Å². The number of likely N-dealkylation sites (tertiary alicyclic amines) is 1. The second-order valence-corrected chi connectivity index (χ2v) is 8.27. The third-order valence-corrected chi connectivity index (χ3v) is 5.86. The van der Waals surface area contributed by atoms with Crippen molar-refractivity contribution in [2.45, 2.75) is 37.3 Å². The van der Waals surface area contributed by atoms with Gasteiger partial charge < -0.3 is 5.11 Å². The number of fused-ring (bicyclic) bond motifs is 1. The highest BCUT2D eigenvalue weighted by Crippen LogP contribution is 2.22. The lowest BCUT2D eigenvalue weighted by Gasteiger charge is -2.24. The lowest BCUT2D eigenvalue weighted by Crippen LogP contribution is -2.41.